The largest absolute Gasteiger partial charge is 0.378 e. The summed E-state index contributed by atoms with van der Waals surface area (Å²) in [5.41, 5.74) is 2.65. The molecule has 0 saturated carbocycles. The maximum Gasteiger partial charge on any atom is 0.241 e. The van der Waals surface area contributed by atoms with Crippen LogP contribution in [0.25, 0.3) is 0 Å². The fourth-order valence-electron chi connectivity index (χ4n) is 2.35. The quantitative estimate of drug-likeness (QED) is 0.842. The highest BCUT2D eigenvalue weighted by Gasteiger charge is 2.19. The van der Waals surface area contributed by atoms with Crippen LogP contribution in [-0.2, 0) is 11.3 Å². The molecule has 0 fully saturated rings. The molecule has 0 aromatic heterocycles. The van der Waals surface area contributed by atoms with Crippen molar-refractivity contribution in [3.63, 3.8) is 0 Å². The smallest absolute Gasteiger partial charge is 0.241 e. The molecule has 0 heterocycles. The van der Waals surface area contributed by atoms with Crippen molar-refractivity contribution in [1.82, 2.24) is 4.90 Å². The molecule has 0 bridgehead atoms. The molecule has 134 valence electrons. The maximum absolute atomic E-state index is 13.1. The molecule has 0 radical (unpaired) electrons. The summed E-state index contributed by atoms with van der Waals surface area (Å²) < 4.78 is 13.1. The molecular weight excluding hydrogens is 341 g/mol. The van der Waals surface area contributed by atoms with Gasteiger partial charge in [-0.2, -0.15) is 0 Å². The zero-order chi connectivity index (χ0) is 18.6. The number of benzene rings is 2. The highest BCUT2D eigenvalue weighted by molar-refractivity contribution is 6.33. The van der Waals surface area contributed by atoms with E-state index in [9.17, 15) is 9.18 Å². The first-order valence-electron chi connectivity index (χ1n) is 8.00. The molecule has 25 heavy (non-hydrogen) atoms. The number of halogens is 2. The number of rotatable bonds is 6. The van der Waals surface area contributed by atoms with Crippen LogP contribution >= 0.6 is 11.6 Å². The average molecular weight is 364 g/mol. The van der Waals surface area contributed by atoms with Gasteiger partial charge in [0.1, 0.15) is 5.82 Å². The zero-order valence-electron chi connectivity index (χ0n) is 14.9. The lowest BCUT2D eigenvalue weighted by atomic mass is 10.1. The van der Waals surface area contributed by atoms with Gasteiger partial charge in [-0.1, -0.05) is 23.7 Å². The lowest BCUT2D eigenvalue weighted by Crippen LogP contribution is -2.39. The van der Waals surface area contributed by atoms with E-state index < -0.39 is 5.82 Å². The Morgan fingerprint density at radius 3 is 2.36 bits per heavy atom. The summed E-state index contributed by atoms with van der Waals surface area (Å²) in [5, 5.41) is 2.92. The molecule has 0 saturated heterocycles. The third kappa shape index (κ3) is 5.18. The molecule has 0 aliphatic rings. The average Bonchev–Trinajstić information content (AvgIpc) is 2.57. The van der Waals surface area contributed by atoms with Gasteiger partial charge in [0.2, 0.25) is 5.91 Å². The Morgan fingerprint density at radius 2 is 1.80 bits per heavy atom. The first-order valence-corrected chi connectivity index (χ1v) is 8.38. The van der Waals surface area contributed by atoms with E-state index in [1.54, 1.807) is 0 Å². The first kappa shape index (κ1) is 19.2. The monoisotopic (exact) mass is 363 g/mol. The summed E-state index contributed by atoms with van der Waals surface area (Å²) in [6, 6.07) is 11.7. The van der Waals surface area contributed by atoms with E-state index >= 15 is 0 Å². The van der Waals surface area contributed by atoms with Crippen LogP contribution in [-0.4, -0.2) is 38.0 Å². The number of carbonyl (C=O) groups is 1. The van der Waals surface area contributed by atoms with Crippen LogP contribution in [0.1, 0.15) is 12.5 Å². The Bertz CT molecular complexity index is 734. The zero-order valence-corrected chi connectivity index (χ0v) is 15.6. The van der Waals surface area contributed by atoms with Crippen molar-refractivity contribution < 1.29 is 9.18 Å². The molecule has 2 rings (SSSR count). The van der Waals surface area contributed by atoms with Gasteiger partial charge in [0.15, 0.2) is 0 Å². The van der Waals surface area contributed by atoms with Crippen LogP contribution < -0.4 is 10.2 Å². The Kier molecular flexibility index (Phi) is 6.39. The minimum Gasteiger partial charge on any atom is -0.378 e. The third-order valence-electron chi connectivity index (χ3n) is 4.11. The fourth-order valence-corrected chi connectivity index (χ4v) is 2.57. The summed E-state index contributed by atoms with van der Waals surface area (Å²) in [4.78, 5) is 16.4. The van der Waals surface area contributed by atoms with Crippen molar-refractivity contribution in [3.05, 3.63) is 58.9 Å². The Balaban J connectivity index is 1.98. The molecule has 1 N–H and O–H groups in total. The summed E-state index contributed by atoms with van der Waals surface area (Å²) in [6.45, 7) is 2.46. The topological polar surface area (TPSA) is 35.6 Å². The highest BCUT2D eigenvalue weighted by Crippen LogP contribution is 2.23. The normalized spacial score (nSPS) is 12.1. The van der Waals surface area contributed by atoms with Gasteiger partial charge in [0, 0.05) is 26.3 Å². The van der Waals surface area contributed by atoms with Gasteiger partial charge < -0.3 is 10.2 Å². The van der Waals surface area contributed by atoms with Crippen LogP contribution in [0.4, 0.5) is 15.8 Å². The van der Waals surface area contributed by atoms with Crippen molar-refractivity contribution in [3.8, 4) is 0 Å². The second kappa shape index (κ2) is 8.32. The maximum atomic E-state index is 13.1. The minimum absolute atomic E-state index is 0.183. The lowest BCUT2D eigenvalue weighted by Gasteiger charge is -2.24. The molecule has 0 unspecified atom stereocenters. The van der Waals surface area contributed by atoms with Crippen LogP contribution in [0.5, 0.6) is 0 Å². The van der Waals surface area contributed by atoms with E-state index in [-0.39, 0.29) is 17.0 Å². The van der Waals surface area contributed by atoms with Crippen molar-refractivity contribution >= 4 is 28.9 Å². The summed E-state index contributed by atoms with van der Waals surface area (Å²) >= 11 is 5.96. The molecule has 2 aromatic carbocycles. The van der Waals surface area contributed by atoms with Crippen molar-refractivity contribution in [2.75, 3.05) is 31.4 Å². The predicted molar refractivity (Wildman–Crippen MR) is 102 cm³/mol. The highest BCUT2D eigenvalue weighted by atomic mass is 35.5. The van der Waals surface area contributed by atoms with E-state index in [2.05, 4.69) is 5.32 Å². The van der Waals surface area contributed by atoms with Crippen LogP contribution in [0.15, 0.2) is 42.5 Å². The van der Waals surface area contributed by atoms with Crippen molar-refractivity contribution in [2.24, 2.45) is 0 Å². The van der Waals surface area contributed by atoms with E-state index in [4.69, 9.17) is 11.6 Å². The molecule has 6 heteroatoms. The van der Waals surface area contributed by atoms with E-state index in [0.29, 0.717) is 12.2 Å². The van der Waals surface area contributed by atoms with Crippen molar-refractivity contribution in [1.29, 1.82) is 0 Å². The number of hydrogen-bond acceptors (Lipinski definition) is 3. The predicted octanol–water partition coefficient (Wildman–Crippen LogP) is 4.00. The number of hydrogen-bond donors (Lipinski definition) is 1. The number of carbonyl (C=O) groups excluding carboxylic acids is 1. The standard InChI is InChI=1S/C19H23ClFN3O/c1-13(19(25)22-18-10-7-15(21)11-17(18)20)24(4)12-14-5-8-16(9-6-14)23(2)3/h5-11,13H,12H2,1-4H3,(H,22,25)/t13-/m0/s1. The number of nitrogens with zero attached hydrogens (tertiary/aromatic N) is 2. The van der Waals surface area contributed by atoms with Gasteiger partial charge in [-0.3, -0.25) is 9.69 Å². The fraction of sp³-hybridized carbons (Fsp3) is 0.316. The van der Waals surface area contributed by atoms with Gasteiger partial charge in [0.05, 0.1) is 16.8 Å². The first-order chi connectivity index (χ1) is 11.8. The van der Waals surface area contributed by atoms with E-state index in [1.165, 1.54) is 18.2 Å². The molecule has 0 aliphatic carbocycles. The molecule has 2 aromatic rings. The molecule has 0 spiro atoms. The molecule has 1 atom stereocenters. The molecular formula is C19H23ClFN3O. The van der Waals surface area contributed by atoms with Gasteiger partial charge in [0.25, 0.3) is 0 Å². The molecule has 4 nitrogen and oxygen atoms in total. The van der Waals surface area contributed by atoms with Gasteiger partial charge in [-0.15, -0.1) is 0 Å². The van der Waals surface area contributed by atoms with Crippen molar-refractivity contribution in [2.45, 2.75) is 19.5 Å². The second-order valence-corrected chi connectivity index (χ2v) is 6.67. The second-order valence-electron chi connectivity index (χ2n) is 6.27. The SMILES string of the molecule is C[C@@H](C(=O)Nc1ccc(F)cc1Cl)N(C)Cc1ccc(N(C)C)cc1. The summed E-state index contributed by atoms with van der Waals surface area (Å²) in [6.07, 6.45) is 0. The van der Waals surface area contributed by atoms with E-state index in [1.807, 2.05) is 62.1 Å². The number of anilines is 2. The number of amides is 1. The van der Waals surface area contributed by atoms with Crippen LogP contribution in [0, 0.1) is 5.82 Å². The van der Waals surface area contributed by atoms with E-state index in [0.717, 1.165) is 11.3 Å². The van der Waals surface area contributed by atoms with Gasteiger partial charge in [-0.25, -0.2) is 4.39 Å². The Hall–Kier alpha value is -2.11. The number of likely N-dealkylation sites (N-methyl/N-ethyl adjacent to an activating group) is 1. The molecule has 0 aliphatic heterocycles. The summed E-state index contributed by atoms with van der Waals surface area (Å²) in [5.74, 6) is -0.629. The Labute approximate surface area is 153 Å². The Morgan fingerprint density at radius 1 is 1.16 bits per heavy atom. The van der Waals surface area contributed by atoms with Gasteiger partial charge in [-0.05, 0) is 49.9 Å². The van der Waals surface area contributed by atoms with Crippen LogP contribution in [0.3, 0.4) is 0 Å². The molecule has 1 amide bonds. The third-order valence-corrected chi connectivity index (χ3v) is 4.43. The van der Waals surface area contributed by atoms with Gasteiger partial charge >= 0.3 is 0 Å². The summed E-state index contributed by atoms with van der Waals surface area (Å²) in [7, 11) is 5.87. The minimum atomic E-state index is -0.436. The van der Waals surface area contributed by atoms with Crippen LogP contribution in [0.2, 0.25) is 5.02 Å². The number of nitrogens with one attached hydrogen (secondary N) is 1. The lowest BCUT2D eigenvalue weighted by molar-refractivity contribution is -0.120.